The number of likely N-dealkylation sites (N-methyl/N-ethyl adjacent to an activating group) is 1. The lowest BCUT2D eigenvalue weighted by atomic mass is 10.0. The number of nitrogens with zero attached hydrogens (tertiary/aromatic N) is 1. The van der Waals surface area contributed by atoms with Crippen LogP contribution in [0.4, 0.5) is 0 Å². The monoisotopic (exact) mass is 1020 g/mol. The van der Waals surface area contributed by atoms with E-state index in [4.69, 9.17) is 13.8 Å². The van der Waals surface area contributed by atoms with Gasteiger partial charge in [-0.1, -0.05) is 243 Å². The van der Waals surface area contributed by atoms with E-state index in [0.29, 0.717) is 23.9 Å². The molecule has 0 heterocycles. The van der Waals surface area contributed by atoms with E-state index >= 15 is 0 Å². The molecule has 71 heavy (non-hydrogen) atoms. The summed E-state index contributed by atoms with van der Waals surface area (Å²) in [6.07, 6.45) is 62.4. The second kappa shape index (κ2) is 51.5. The van der Waals surface area contributed by atoms with Gasteiger partial charge in [-0.25, -0.2) is 4.57 Å². The Labute approximate surface area is 439 Å². The number of amides is 1. The Kier molecular flexibility index (Phi) is 50.0. The maximum absolute atomic E-state index is 13.5. The molecule has 416 valence electrons. The van der Waals surface area contributed by atoms with E-state index < -0.39 is 20.0 Å². The number of phosphoric ester groups is 1. The van der Waals surface area contributed by atoms with Crippen molar-refractivity contribution in [2.75, 3.05) is 40.9 Å². The summed E-state index contributed by atoms with van der Waals surface area (Å²) in [7, 11) is 1.49. The summed E-state index contributed by atoms with van der Waals surface area (Å²) in [6.45, 7) is 6.99. The largest absolute Gasteiger partial charge is 0.472 e. The number of carbonyl (C=O) groups is 2. The first-order valence-corrected chi connectivity index (χ1v) is 31.5. The number of allylic oxidation sites excluding steroid dienone is 7. The fourth-order valence-corrected chi connectivity index (χ4v) is 9.33. The quantitative estimate of drug-likeness (QED) is 0.0205. The Morgan fingerprint density at radius 1 is 0.493 bits per heavy atom. The maximum Gasteiger partial charge on any atom is 0.472 e. The van der Waals surface area contributed by atoms with Crippen LogP contribution in [0, 0.1) is 0 Å². The standard InChI is InChI=1S/C61H115N2O7P/c1-7-10-13-16-19-22-25-28-30-31-33-36-39-42-45-48-51-54-61(65)70-59(52-49-46-43-40-37-34-27-24-21-18-15-12-9-3)58(57-69-71(66,67)68-56-55-63(4,5)6)62-60(64)53-50-47-44-41-38-35-32-29-26-23-20-17-14-11-8-2/h19,22,28,30,33,36,49,52,58-59H,7-18,20-21,23-27,29,31-32,34-35,37-48,50-51,53-57H2,1-6H3,(H-,62,64,66,67)/p+1/b22-19-,30-28-,36-33-,52-49+. The molecule has 9 nitrogen and oxygen atoms in total. The summed E-state index contributed by atoms with van der Waals surface area (Å²) in [5.74, 6) is -0.521. The zero-order chi connectivity index (χ0) is 52.2. The van der Waals surface area contributed by atoms with E-state index in [9.17, 15) is 19.0 Å². The molecular weight excluding hydrogens is 904 g/mol. The number of hydrogen-bond donors (Lipinski definition) is 2. The van der Waals surface area contributed by atoms with Crippen molar-refractivity contribution in [2.24, 2.45) is 0 Å². The van der Waals surface area contributed by atoms with Gasteiger partial charge in [-0.05, 0) is 70.3 Å². The first-order chi connectivity index (χ1) is 34.4. The summed E-state index contributed by atoms with van der Waals surface area (Å²) >= 11 is 0. The van der Waals surface area contributed by atoms with Gasteiger partial charge in [0.2, 0.25) is 5.91 Å². The molecule has 1 amide bonds. The van der Waals surface area contributed by atoms with E-state index in [2.05, 4.69) is 62.5 Å². The Bertz CT molecular complexity index is 1360. The van der Waals surface area contributed by atoms with Gasteiger partial charge in [0.15, 0.2) is 0 Å². The van der Waals surface area contributed by atoms with E-state index in [1.54, 1.807) is 0 Å². The highest BCUT2D eigenvalue weighted by atomic mass is 31.2. The van der Waals surface area contributed by atoms with Gasteiger partial charge < -0.3 is 19.4 Å². The van der Waals surface area contributed by atoms with Crippen LogP contribution in [0.15, 0.2) is 48.6 Å². The fourth-order valence-electron chi connectivity index (χ4n) is 8.59. The van der Waals surface area contributed by atoms with Crippen molar-refractivity contribution in [2.45, 2.75) is 290 Å². The third-order valence-corrected chi connectivity index (χ3v) is 14.3. The highest BCUT2D eigenvalue weighted by molar-refractivity contribution is 7.47. The zero-order valence-corrected chi connectivity index (χ0v) is 48.4. The molecule has 2 N–H and O–H groups in total. The van der Waals surface area contributed by atoms with Crippen molar-refractivity contribution >= 4 is 19.7 Å². The SMILES string of the molecule is CCCCC/C=C\C/C=C\C/C=C\CCCCCCC(=O)OC(/C=C/CCCCCCCCCCCCC)C(COP(=O)(O)OCC[N+](C)(C)C)NC(=O)CCCCCCCCCCCCCCCCC. The first-order valence-electron chi connectivity index (χ1n) is 30.0. The lowest BCUT2D eigenvalue weighted by molar-refractivity contribution is -0.870. The predicted octanol–water partition coefficient (Wildman–Crippen LogP) is 18.1. The molecule has 0 fully saturated rings. The summed E-state index contributed by atoms with van der Waals surface area (Å²) < 4.78 is 30.6. The molecule has 3 atom stereocenters. The minimum atomic E-state index is -4.45. The second-order valence-electron chi connectivity index (χ2n) is 21.5. The Morgan fingerprint density at radius 3 is 1.31 bits per heavy atom. The highest BCUT2D eigenvalue weighted by Gasteiger charge is 2.30. The molecule has 0 aliphatic heterocycles. The molecule has 0 bridgehead atoms. The molecule has 0 saturated heterocycles. The summed E-state index contributed by atoms with van der Waals surface area (Å²) in [4.78, 5) is 37.6. The average molecular weight is 1020 g/mol. The fraction of sp³-hybridized carbons (Fsp3) is 0.836. The van der Waals surface area contributed by atoms with Crippen LogP contribution in [0.2, 0.25) is 0 Å². The number of phosphoric acid groups is 1. The van der Waals surface area contributed by atoms with Gasteiger partial charge in [0, 0.05) is 12.8 Å². The van der Waals surface area contributed by atoms with Gasteiger partial charge >= 0.3 is 13.8 Å². The van der Waals surface area contributed by atoms with E-state index in [-0.39, 0.29) is 31.5 Å². The number of esters is 1. The van der Waals surface area contributed by atoms with Crippen LogP contribution in [-0.4, -0.2) is 74.3 Å². The maximum atomic E-state index is 13.5. The van der Waals surface area contributed by atoms with Crippen LogP contribution in [0.3, 0.4) is 0 Å². The molecule has 0 aromatic rings. The van der Waals surface area contributed by atoms with Crippen LogP contribution in [0.1, 0.15) is 278 Å². The van der Waals surface area contributed by atoms with Crippen molar-refractivity contribution < 1.29 is 37.3 Å². The van der Waals surface area contributed by atoms with Crippen molar-refractivity contribution in [1.29, 1.82) is 0 Å². The second-order valence-corrected chi connectivity index (χ2v) is 23.0. The molecule has 0 aliphatic carbocycles. The highest BCUT2D eigenvalue weighted by Crippen LogP contribution is 2.43. The summed E-state index contributed by atoms with van der Waals surface area (Å²) in [5.41, 5.74) is 0. The average Bonchev–Trinajstić information content (AvgIpc) is 3.33. The van der Waals surface area contributed by atoms with Crippen molar-refractivity contribution in [3.63, 3.8) is 0 Å². The number of quaternary nitrogens is 1. The van der Waals surface area contributed by atoms with Crippen molar-refractivity contribution in [3.8, 4) is 0 Å². The van der Waals surface area contributed by atoms with Gasteiger partial charge in [0.1, 0.15) is 19.3 Å². The molecule has 0 aromatic carbocycles. The van der Waals surface area contributed by atoms with Crippen LogP contribution in [-0.2, 0) is 27.9 Å². The lowest BCUT2D eigenvalue weighted by Gasteiger charge is -2.27. The van der Waals surface area contributed by atoms with E-state index in [1.165, 1.54) is 161 Å². The smallest absolute Gasteiger partial charge is 0.456 e. The molecule has 0 saturated carbocycles. The van der Waals surface area contributed by atoms with Crippen LogP contribution >= 0.6 is 7.82 Å². The number of ether oxygens (including phenoxy) is 1. The molecule has 0 aromatic heterocycles. The van der Waals surface area contributed by atoms with Crippen LogP contribution < -0.4 is 5.32 Å². The molecule has 3 unspecified atom stereocenters. The Hall–Kier alpha value is -2.03. The minimum Gasteiger partial charge on any atom is -0.456 e. The zero-order valence-electron chi connectivity index (χ0n) is 47.5. The molecular formula is C61H116N2O7P+. The van der Waals surface area contributed by atoms with E-state index in [1.807, 2.05) is 33.3 Å². The molecule has 10 heteroatoms. The molecule has 0 rings (SSSR count). The lowest BCUT2D eigenvalue weighted by Crippen LogP contribution is -2.47. The first kappa shape index (κ1) is 69.0. The van der Waals surface area contributed by atoms with Crippen LogP contribution in [0.25, 0.3) is 0 Å². The van der Waals surface area contributed by atoms with Gasteiger partial charge in [-0.2, -0.15) is 0 Å². The Morgan fingerprint density at radius 2 is 0.859 bits per heavy atom. The van der Waals surface area contributed by atoms with Gasteiger partial charge in [0.25, 0.3) is 0 Å². The topological polar surface area (TPSA) is 111 Å². The number of carbonyl (C=O) groups excluding carboxylic acids is 2. The van der Waals surface area contributed by atoms with Crippen molar-refractivity contribution in [3.05, 3.63) is 48.6 Å². The molecule has 0 aliphatic rings. The third-order valence-electron chi connectivity index (χ3n) is 13.3. The number of unbranched alkanes of at least 4 members (excludes halogenated alkanes) is 32. The van der Waals surface area contributed by atoms with E-state index in [0.717, 1.165) is 77.0 Å². The van der Waals surface area contributed by atoms with Gasteiger partial charge in [0.05, 0.1) is 33.8 Å². The third kappa shape index (κ3) is 52.6. The molecule has 0 spiro atoms. The number of rotatable bonds is 54. The minimum absolute atomic E-state index is 0.0375. The normalized spacial score (nSPS) is 14.1. The summed E-state index contributed by atoms with van der Waals surface area (Å²) in [6, 6.07) is -0.854. The Balaban J connectivity index is 5.37. The predicted molar refractivity (Wildman–Crippen MR) is 305 cm³/mol. The number of hydrogen-bond acceptors (Lipinski definition) is 6. The van der Waals surface area contributed by atoms with Crippen molar-refractivity contribution in [1.82, 2.24) is 5.32 Å². The van der Waals surface area contributed by atoms with Gasteiger partial charge in [-0.15, -0.1) is 0 Å². The van der Waals surface area contributed by atoms with Gasteiger partial charge in [-0.3, -0.25) is 18.6 Å². The summed E-state index contributed by atoms with van der Waals surface area (Å²) in [5, 5.41) is 3.05. The van der Waals surface area contributed by atoms with Crippen LogP contribution in [0.5, 0.6) is 0 Å². The molecule has 0 radical (unpaired) electrons. The number of nitrogens with one attached hydrogen (secondary N) is 1.